The van der Waals surface area contributed by atoms with E-state index in [2.05, 4.69) is 70.5 Å². The Morgan fingerprint density at radius 3 is 1.89 bits per heavy atom. The van der Waals surface area contributed by atoms with Crippen LogP contribution in [0.5, 0.6) is 11.5 Å². The summed E-state index contributed by atoms with van der Waals surface area (Å²) in [5.41, 5.74) is 2.80. The number of benzene rings is 3. The predicted octanol–water partition coefficient (Wildman–Crippen LogP) is 4.13. The third-order valence-electron chi connectivity index (χ3n) is 6.45. The molecular formula is C28H34N2O5S. The number of fused-ring (bicyclic) bond motifs is 1. The molecule has 0 bridgehead atoms. The Bertz CT molecular complexity index is 1140. The van der Waals surface area contributed by atoms with Gasteiger partial charge >= 0.3 is 0 Å². The summed E-state index contributed by atoms with van der Waals surface area (Å²) in [5.74, 6) is 2.15. The summed E-state index contributed by atoms with van der Waals surface area (Å²) >= 11 is 0. The number of nitrogens with zero attached hydrogens (tertiary/aromatic N) is 2. The maximum Gasteiger partial charge on any atom is 0.261 e. The van der Waals surface area contributed by atoms with Gasteiger partial charge in [0.15, 0.2) is 17.7 Å². The van der Waals surface area contributed by atoms with E-state index in [1.165, 1.54) is 11.1 Å². The lowest BCUT2D eigenvalue weighted by atomic mass is 9.88. The average molecular weight is 511 g/mol. The first-order chi connectivity index (χ1) is 17.4. The van der Waals surface area contributed by atoms with E-state index >= 15 is 0 Å². The molecule has 2 heterocycles. The molecule has 1 unspecified atom stereocenters. The number of rotatable bonds is 6. The minimum absolute atomic E-state index is 0.0124. The van der Waals surface area contributed by atoms with Crippen LogP contribution in [0, 0.1) is 0 Å². The fourth-order valence-corrected chi connectivity index (χ4v) is 4.67. The van der Waals surface area contributed by atoms with E-state index in [9.17, 15) is 8.42 Å². The van der Waals surface area contributed by atoms with Gasteiger partial charge in [0.25, 0.3) is 10.1 Å². The van der Waals surface area contributed by atoms with Crippen LogP contribution in [0.15, 0.2) is 84.9 Å². The van der Waals surface area contributed by atoms with Gasteiger partial charge in [-0.15, -0.1) is 0 Å². The van der Waals surface area contributed by atoms with Crippen molar-refractivity contribution in [3.8, 4) is 11.5 Å². The van der Waals surface area contributed by atoms with Crippen molar-refractivity contribution in [2.45, 2.75) is 18.6 Å². The van der Waals surface area contributed by atoms with Crippen LogP contribution in [-0.2, 0) is 10.1 Å². The topological polar surface area (TPSA) is 79.3 Å². The number of piperazine rings is 1. The van der Waals surface area contributed by atoms with Gasteiger partial charge in [-0.05, 0) is 36.2 Å². The van der Waals surface area contributed by atoms with Gasteiger partial charge in [0.1, 0.15) is 6.61 Å². The molecule has 8 heteroatoms. The highest BCUT2D eigenvalue weighted by Crippen LogP contribution is 2.32. The van der Waals surface area contributed by atoms with Gasteiger partial charge in [-0.2, -0.15) is 8.42 Å². The number of para-hydroxylation sites is 2. The molecule has 0 spiro atoms. The molecule has 2 aliphatic heterocycles. The van der Waals surface area contributed by atoms with Crippen LogP contribution in [0.4, 0.5) is 0 Å². The smallest absolute Gasteiger partial charge is 0.261 e. The molecule has 3 aromatic carbocycles. The summed E-state index contributed by atoms with van der Waals surface area (Å²) in [7, 11) is -3.67. The van der Waals surface area contributed by atoms with E-state index < -0.39 is 10.1 Å². The quantitative estimate of drug-likeness (QED) is 0.500. The molecule has 2 aliphatic rings. The second-order valence-electron chi connectivity index (χ2n) is 9.10. The SMILES string of the molecule is CS(=O)(=O)O.c1ccc(C(CCN2CCN(C3COc4ccccc4O3)CC2)c2ccccc2)cc1. The molecule has 1 N–H and O–H groups in total. The molecule has 0 aliphatic carbocycles. The van der Waals surface area contributed by atoms with Crippen LogP contribution < -0.4 is 9.47 Å². The summed E-state index contributed by atoms with van der Waals surface area (Å²) in [6, 6.07) is 29.8. The standard InChI is InChI=1S/C27H30N2O2.CH4O3S/c1-3-9-22(10-4-1)24(23-11-5-2-6-12-23)15-16-28-17-19-29(20-18-28)27-21-30-25-13-7-8-14-26(25)31-27;1-5(2,3)4/h1-14,24,27H,15-21H2;1H3,(H,2,3,4). The van der Waals surface area contributed by atoms with Crippen LogP contribution in [0.3, 0.4) is 0 Å². The minimum Gasteiger partial charge on any atom is -0.484 e. The van der Waals surface area contributed by atoms with Gasteiger partial charge < -0.3 is 14.4 Å². The summed E-state index contributed by atoms with van der Waals surface area (Å²) < 4.78 is 38.0. The Hall–Kier alpha value is -2.91. The maximum absolute atomic E-state index is 9.19. The Balaban J connectivity index is 0.000000556. The highest BCUT2D eigenvalue weighted by molar-refractivity contribution is 7.85. The molecule has 36 heavy (non-hydrogen) atoms. The Morgan fingerprint density at radius 1 is 0.833 bits per heavy atom. The van der Waals surface area contributed by atoms with Crippen molar-refractivity contribution in [3.05, 3.63) is 96.1 Å². The molecule has 0 amide bonds. The largest absolute Gasteiger partial charge is 0.484 e. The lowest BCUT2D eigenvalue weighted by Gasteiger charge is -2.40. The first kappa shape index (κ1) is 26.2. The zero-order valence-electron chi connectivity index (χ0n) is 20.6. The highest BCUT2D eigenvalue weighted by Gasteiger charge is 2.29. The zero-order valence-corrected chi connectivity index (χ0v) is 21.4. The summed E-state index contributed by atoms with van der Waals surface area (Å²) in [4.78, 5) is 5.01. The number of hydrogen-bond donors (Lipinski definition) is 1. The molecule has 1 saturated heterocycles. The summed E-state index contributed by atoms with van der Waals surface area (Å²) in [5, 5.41) is 0. The van der Waals surface area contributed by atoms with Gasteiger partial charge in [-0.1, -0.05) is 72.8 Å². The number of ether oxygens (including phenoxy) is 2. The van der Waals surface area contributed by atoms with Crippen LogP contribution in [0.1, 0.15) is 23.5 Å². The lowest BCUT2D eigenvalue weighted by Crippen LogP contribution is -2.54. The fourth-order valence-electron chi connectivity index (χ4n) is 4.67. The molecule has 0 radical (unpaired) electrons. The second-order valence-corrected chi connectivity index (χ2v) is 10.6. The summed E-state index contributed by atoms with van der Waals surface area (Å²) in [6.07, 6.45) is 1.86. The van der Waals surface area contributed by atoms with Gasteiger partial charge in [0.2, 0.25) is 0 Å². The number of hydrogen-bond acceptors (Lipinski definition) is 6. The van der Waals surface area contributed by atoms with Crippen molar-refractivity contribution < 1.29 is 22.4 Å². The Morgan fingerprint density at radius 2 is 1.33 bits per heavy atom. The van der Waals surface area contributed by atoms with E-state index in [1.807, 2.05) is 24.3 Å². The average Bonchev–Trinajstić information content (AvgIpc) is 2.89. The van der Waals surface area contributed by atoms with Crippen molar-refractivity contribution in [1.29, 1.82) is 0 Å². The Labute approximate surface area is 214 Å². The van der Waals surface area contributed by atoms with Crippen molar-refractivity contribution in [3.63, 3.8) is 0 Å². The summed E-state index contributed by atoms with van der Waals surface area (Å²) in [6.45, 7) is 5.86. The molecule has 5 rings (SSSR count). The van der Waals surface area contributed by atoms with Crippen LogP contribution in [-0.4, -0.2) is 74.6 Å². The van der Waals surface area contributed by atoms with Gasteiger partial charge in [-0.3, -0.25) is 9.45 Å². The fraction of sp³-hybridized carbons (Fsp3) is 0.357. The van der Waals surface area contributed by atoms with Gasteiger partial charge in [0.05, 0.1) is 6.26 Å². The molecule has 0 aromatic heterocycles. The first-order valence-corrected chi connectivity index (χ1v) is 14.1. The highest BCUT2D eigenvalue weighted by atomic mass is 32.2. The van der Waals surface area contributed by atoms with Crippen LogP contribution in [0.2, 0.25) is 0 Å². The molecule has 0 saturated carbocycles. The minimum atomic E-state index is -3.67. The van der Waals surface area contributed by atoms with E-state index in [-0.39, 0.29) is 6.23 Å². The van der Waals surface area contributed by atoms with Crippen molar-refractivity contribution in [2.24, 2.45) is 0 Å². The van der Waals surface area contributed by atoms with E-state index in [0.29, 0.717) is 18.8 Å². The van der Waals surface area contributed by atoms with E-state index in [4.69, 9.17) is 14.0 Å². The molecule has 1 fully saturated rings. The predicted molar refractivity (Wildman–Crippen MR) is 141 cm³/mol. The van der Waals surface area contributed by atoms with Crippen molar-refractivity contribution in [1.82, 2.24) is 9.80 Å². The second kappa shape index (κ2) is 12.4. The first-order valence-electron chi connectivity index (χ1n) is 12.2. The van der Waals surface area contributed by atoms with Crippen molar-refractivity contribution in [2.75, 3.05) is 45.6 Å². The van der Waals surface area contributed by atoms with Gasteiger partial charge in [-0.25, -0.2) is 0 Å². The third kappa shape index (κ3) is 7.80. The molecule has 7 nitrogen and oxygen atoms in total. The molecule has 3 aromatic rings. The lowest BCUT2D eigenvalue weighted by molar-refractivity contribution is -0.0494. The van der Waals surface area contributed by atoms with Gasteiger partial charge in [0, 0.05) is 32.1 Å². The monoisotopic (exact) mass is 510 g/mol. The Kier molecular flexibility index (Phi) is 8.98. The molecule has 1 atom stereocenters. The zero-order chi connectivity index (χ0) is 25.4. The van der Waals surface area contributed by atoms with Crippen LogP contribution >= 0.6 is 0 Å². The van der Waals surface area contributed by atoms with E-state index in [0.717, 1.165) is 50.6 Å². The molecular weight excluding hydrogens is 476 g/mol. The third-order valence-corrected chi connectivity index (χ3v) is 6.45. The van der Waals surface area contributed by atoms with Crippen molar-refractivity contribution >= 4 is 10.1 Å². The van der Waals surface area contributed by atoms with Crippen LogP contribution in [0.25, 0.3) is 0 Å². The maximum atomic E-state index is 9.19. The molecule has 192 valence electrons. The van der Waals surface area contributed by atoms with E-state index in [1.54, 1.807) is 0 Å². The normalized spacial score (nSPS) is 18.4.